The summed E-state index contributed by atoms with van der Waals surface area (Å²) in [6, 6.07) is 15.3. The third-order valence-electron chi connectivity index (χ3n) is 4.05. The highest BCUT2D eigenvalue weighted by Gasteiger charge is 2.10. The number of hydrogen-bond donors (Lipinski definition) is 2. The maximum atomic E-state index is 12.3. The summed E-state index contributed by atoms with van der Waals surface area (Å²) in [4.78, 5) is 29.5. The molecule has 2 N–H and O–H groups in total. The summed E-state index contributed by atoms with van der Waals surface area (Å²) in [6.45, 7) is 1.80. The van der Waals surface area contributed by atoms with Crippen LogP contribution in [0.3, 0.4) is 0 Å². The normalized spacial score (nSPS) is 10.8. The molecule has 0 aliphatic rings. The van der Waals surface area contributed by atoms with Crippen LogP contribution in [-0.2, 0) is 0 Å². The first-order valence-corrected chi connectivity index (χ1v) is 9.67. The number of benzene rings is 2. The van der Waals surface area contributed by atoms with Crippen molar-refractivity contribution < 1.29 is 4.79 Å². The van der Waals surface area contributed by atoms with Crippen molar-refractivity contribution in [1.29, 1.82) is 0 Å². The van der Waals surface area contributed by atoms with Crippen molar-refractivity contribution in [2.75, 3.05) is 10.6 Å². The monoisotopic (exact) mass is 410 g/mol. The fraction of sp³-hybridized carbons (Fsp3) is 0.0500. The molecule has 28 heavy (non-hydrogen) atoms. The minimum atomic E-state index is -0.369. The van der Waals surface area contributed by atoms with Crippen LogP contribution in [0.1, 0.15) is 5.69 Å². The van der Waals surface area contributed by atoms with Gasteiger partial charge in [-0.2, -0.15) is 0 Å². The van der Waals surface area contributed by atoms with Gasteiger partial charge in [0.2, 0.25) is 0 Å². The second-order valence-corrected chi connectivity index (χ2v) is 7.41. The Kier molecular flexibility index (Phi) is 4.85. The molecule has 0 radical (unpaired) electrons. The van der Waals surface area contributed by atoms with Gasteiger partial charge in [0.05, 0.1) is 5.69 Å². The lowest BCUT2D eigenvalue weighted by Crippen LogP contribution is -2.19. The van der Waals surface area contributed by atoms with E-state index >= 15 is 0 Å². The second kappa shape index (κ2) is 7.46. The lowest BCUT2D eigenvalue weighted by molar-refractivity contribution is 0.262. The van der Waals surface area contributed by atoms with E-state index in [0.717, 1.165) is 11.3 Å². The van der Waals surface area contributed by atoms with E-state index in [0.29, 0.717) is 27.1 Å². The number of nitrogens with one attached hydrogen (secondary N) is 2. The first-order chi connectivity index (χ1) is 13.5. The van der Waals surface area contributed by atoms with Crippen LogP contribution < -0.4 is 16.2 Å². The van der Waals surface area contributed by atoms with Gasteiger partial charge in [-0.1, -0.05) is 29.8 Å². The minimum absolute atomic E-state index is 0.109. The Bertz CT molecular complexity index is 1230. The Labute approximate surface area is 169 Å². The molecular weight excluding hydrogens is 396 g/mol. The molecule has 2 aromatic carbocycles. The van der Waals surface area contributed by atoms with Crippen LogP contribution >= 0.6 is 22.9 Å². The first kappa shape index (κ1) is 18.2. The van der Waals surface area contributed by atoms with Crippen LogP contribution in [0.15, 0.2) is 64.8 Å². The molecule has 0 unspecified atom stereocenters. The van der Waals surface area contributed by atoms with Gasteiger partial charge in [0.25, 0.3) is 5.56 Å². The van der Waals surface area contributed by atoms with Crippen molar-refractivity contribution in [3.63, 3.8) is 0 Å². The number of aromatic nitrogens is 2. The Balaban J connectivity index is 1.53. The molecule has 0 saturated heterocycles. The van der Waals surface area contributed by atoms with E-state index in [1.165, 1.54) is 17.4 Å². The Morgan fingerprint density at radius 1 is 1.07 bits per heavy atom. The maximum Gasteiger partial charge on any atom is 0.323 e. The van der Waals surface area contributed by atoms with Gasteiger partial charge in [0.15, 0.2) is 4.96 Å². The van der Waals surface area contributed by atoms with Crippen LogP contribution in [0.5, 0.6) is 0 Å². The van der Waals surface area contributed by atoms with Gasteiger partial charge < -0.3 is 10.6 Å². The fourth-order valence-electron chi connectivity index (χ4n) is 2.81. The van der Waals surface area contributed by atoms with Crippen molar-refractivity contribution in [2.24, 2.45) is 0 Å². The zero-order valence-corrected chi connectivity index (χ0v) is 16.3. The molecule has 0 spiro atoms. The summed E-state index contributed by atoms with van der Waals surface area (Å²) in [7, 11) is 0. The Morgan fingerprint density at radius 2 is 1.82 bits per heavy atom. The molecule has 0 saturated carbocycles. The highest BCUT2D eigenvalue weighted by molar-refractivity contribution is 7.15. The quantitative estimate of drug-likeness (QED) is 0.497. The smallest absolute Gasteiger partial charge is 0.308 e. The van der Waals surface area contributed by atoms with Gasteiger partial charge in [-0.05, 0) is 42.8 Å². The fourth-order valence-corrected chi connectivity index (χ4v) is 3.95. The highest BCUT2D eigenvalue weighted by atomic mass is 35.5. The van der Waals surface area contributed by atoms with Gasteiger partial charge in [-0.25, -0.2) is 9.78 Å². The van der Waals surface area contributed by atoms with Crippen molar-refractivity contribution in [1.82, 2.24) is 9.38 Å². The predicted molar refractivity (Wildman–Crippen MR) is 114 cm³/mol. The number of rotatable bonds is 3. The number of aryl methyl sites for hydroxylation is 1. The minimum Gasteiger partial charge on any atom is -0.308 e. The van der Waals surface area contributed by atoms with Crippen LogP contribution in [0, 0.1) is 6.92 Å². The van der Waals surface area contributed by atoms with Gasteiger partial charge >= 0.3 is 6.03 Å². The third kappa shape index (κ3) is 3.76. The molecule has 6 nitrogen and oxygen atoms in total. The van der Waals surface area contributed by atoms with E-state index in [-0.39, 0.29) is 11.6 Å². The lowest BCUT2D eigenvalue weighted by Gasteiger charge is -2.09. The zero-order valence-electron chi connectivity index (χ0n) is 14.8. The van der Waals surface area contributed by atoms with E-state index in [4.69, 9.17) is 11.6 Å². The van der Waals surface area contributed by atoms with Crippen molar-refractivity contribution >= 4 is 45.3 Å². The molecule has 4 aromatic rings. The van der Waals surface area contributed by atoms with Crippen molar-refractivity contribution in [3.05, 3.63) is 81.0 Å². The lowest BCUT2D eigenvalue weighted by atomic mass is 10.1. The first-order valence-electron chi connectivity index (χ1n) is 8.41. The van der Waals surface area contributed by atoms with Crippen LogP contribution in [0.25, 0.3) is 16.2 Å². The number of amides is 2. The van der Waals surface area contributed by atoms with E-state index in [9.17, 15) is 9.59 Å². The van der Waals surface area contributed by atoms with E-state index in [2.05, 4.69) is 15.6 Å². The summed E-state index contributed by atoms with van der Waals surface area (Å²) in [5.74, 6) is 0. The number of carbonyl (C=O) groups excluding carboxylic acids is 1. The van der Waals surface area contributed by atoms with E-state index < -0.39 is 0 Å². The molecular formula is C20H15ClN4O2S. The molecule has 0 bridgehead atoms. The predicted octanol–water partition coefficient (Wildman–Crippen LogP) is 5.03. The molecule has 2 amide bonds. The average Bonchev–Trinajstić information content (AvgIpc) is 3.06. The molecule has 0 fully saturated rings. The highest BCUT2D eigenvalue weighted by Crippen LogP contribution is 2.25. The summed E-state index contributed by atoms with van der Waals surface area (Å²) >= 11 is 7.33. The molecule has 140 valence electrons. The summed E-state index contributed by atoms with van der Waals surface area (Å²) < 4.78 is 1.59. The summed E-state index contributed by atoms with van der Waals surface area (Å²) in [5, 5.41) is 7.94. The standard InChI is InChI=1S/C20H15ClN4O2S/c1-12-9-18(26)25-17(11-28-20(25)22-12)13-5-7-15(8-6-13)23-19(27)24-16-4-2-3-14(21)10-16/h2-11H,1H3,(H2,23,24,27). The van der Waals surface area contributed by atoms with Gasteiger partial charge in [0.1, 0.15) is 0 Å². The number of nitrogens with zero attached hydrogens (tertiary/aromatic N) is 2. The largest absolute Gasteiger partial charge is 0.323 e. The summed E-state index contributed by atoms with van der Waals surface area (Å²) in [5.41, 5.74) is 3.45. The Morgan fingerprint density at radius 3 is 2.57 bits per heavy atom. The number of urea groups is 1. The van der Waals surface area contributed by atoms with Crippen LogP contribution in [0.4, 0.5) is 16.2 Å². The van der Waals surface area contributed by atoms with Gasteiger partial charge in [-0.15, -0.1) is 11.3 Å². The van der Waals surface area contributed by atoms with Gasteiger partial charge in [-0.3, -0.25) is 9.20 Å². The Hall–Kier alpha value is -3.16. The number of thiazole rings is 1. The molecule has 0 aliphatic carbocycles. The average molecular weight is 411 g/mol. The number of halogens is 1. The molecule has 0 atom stereocenters. The maximum absolute atomic E-state index is 12.3. The van der Waals surface area contributed by atoms with Gasteiger partial charge in [0, 0.05) is 33.5 Å². The SMILES string of the molecule is Cc1cc(=O)n2c(-c3ccc(NC(=O)Nc4cccc(Cl)c4)cc3)csc2n1. The molecule has 2 aromatic heterocycles. The van der Waals surface area contributed by atoms with E-state index in [1.807, 2.05) is 17.5 Å². The molecule has 0 aliphatic heterocycles. The van der Waals surface area contributed by atoms with Crippen LogP contribution in [0.2, 0.25) is 5.02 Å². The topological polar surface area (TPSA) is 75.5 Å². The van der Waals surface area contributed by atoms with E-state index in [1.54, 1.807) is 47.7 Å². The number of fused-ring (bicyclic) bond motifs is 1. The van der Waals surface area contributed by atoms with Crippen molar-refractivity contribution in [2.45, 2.75) is 6.92 Å². The number of hydrogen-bond acceptors (Lipinski definition) is 4. The second-order valence-electron chi connectivity index (χ2n) is 6.14. The van der Waals surface area contributed by atoms with Crippen molar-refractivity contribution in [3.8, 4) is 11.3 Å². The molecule has 2 heterocycles. The summed E-state index contributed by atoms with van der Waals surface area (Å²) in [6.07, 6.45) is 0. The zero-order chi connectivity index (χ0) is 19.7. The number of anilines is 2. The molecule has 8 heteroatoms. The molecule has 4 rings (SSSR count). The van der Waals surface area contributed by atoms with Crippen LogP contribution in [-0.4, -0.2) is 15.4 Å². The number of carbonyl (C=O) groups is 1. The third-order valence-corrected chi connectivity index (χ3v) is 5.11.